The summed E-state index contributed by atoms with van der Waals surface area (Å²) in [5, 5.41) is 3.34. The molecule has 0 radical (unpaired) electrons. The van der Waals surface area contributed by atoms with Crippen molar-refractivity contribution in [2.24, 2.45) is 23.2 Å². The molecule has 23 heavy (non-hydrogen) atoms. The van der Waals surface area contributed by atoms with Crippen LogP contribution in [0.2, 0.25) is 0 Å². The van der Waals surface area contributed by atoms with Gasteiger partial charge in [-0.25, -0.2) is 4.79 Å². The topological polar surface area (TPSA) is 35.6 Å². The van der Waals surface area contributed by atoms with E-state index in [1.807, 2.05) is 0 Å². The molecule has 1 saturated heterocycles. The lowest BCUT2D eigenvalue weighted by molar-refractivity contribution is -0.0503. The number of hydrogen-bond acceptors (Lipinski definition) is 2. The molecule has 1 heterocycles. The summed E-state index contributed by atoms with van der Waals surface area (Å²) in [6, 6.07) is 0.710. The summed E-state index contributed by atoms with van der Waals surface area (Å²) in [6.45, 7) is 2.75. The molecule has 4 nitrogen and oxygen atoms in total. The Morgan fingerprint density at radius 1 is 1.13 bits per heavy atom. The maximum atomic E-state index is 12.7. The van der Waals surface area contributed by atoms with Gasteiger partial charge in [-0.05, 0) is 88.6 Å². The smallest absolute Gasteiger partial charge is 0.317 e. The van der Waals surface area contributed by atoms with Gasteiger partial charge >= 0.3 is 6.03 Å². The van der Waals surface area contributed by atoms with Crippen molar-refractivity contribution in [1.82, 2.24) is 15.1 Å². The first-order chi connectivity index (χ1) is 11.0. The van der Waals surface area contributed by atoms with E-state index in [1.54, 1.807) is 0 Å². The van der Waals surface area contributed by atoms with E-state index >= 15 is 0 Å². The highest BCUT2D eigenvalue weighted by Gasteiger charge is 2.50. The van der Waals surface area contributed by atoms with Crippen LogP contribution in [0.25, 0.3) is 0 Å². The molecular weight excluding hydrogens is 286 g/mol. The van der Waals surface area contributed by atoms with E-state index in [0.717, 1.165) is 43.8 Å². The SMILES string of the molecule is CN(C)[C@@H]1CCCN(C(=O)NCC23CC4CC(CC(C4)C2)C3)C1. The monoisotopic (exact) mass is 319 g/mol. The van der Waals surface area contributed by atoms with Crippen molar-refractivity contribution in [1.29, 1.82) is 0 Å². The van der Waals surface area contributed by atoms with Gasteiger partial charge in [0, 0.05) is 25.7 Å². The Hall–Kier alpha value is -0.770. The Bertz CT molecular complexity index is 426. The number of carbonyl (C=O) groups excluding carboxylic acids is 1. The fourth-order valence-electron chi connectivity index (χ4n) is 6.44. The lowest BCUT2D eigenvalue weighted by Gasteiger charge is -2.57. The molecular formula is C19H33N3O. The zero-order chi connectivity index (χ0) is 16.0. The minimum absolute atomic E-state index is 0.187. The van der Waals surface area contributed by atoms with Gasteiger partial charge in [0.25, 0.3) is 0 Å². The average Bonchev–Trinajstić information content (AvgIpc) is 2.51. The number of amides is 2. The molecule has 1 N–H and O–H groups in total. The highest BCUT2D eigenvalue weighted by molar-refractivity contribution is 5.74. The summed E-state index contributed by atoms with van der Waals surface area (Å²) in [5.41, 5.74) is 0.446. The van der Waals surface area contributed by atoms with Gasteiger partial charge in [0.05, 0.1) is 0 Å². The maximum absolute atomic E-state index is 12.7. The Balaban J connectivity index is 1.33. The summed E-state index contributed by atoms with van der Waals surface area (Å²) >= 11 is 0. The third kappa shape index (κ3) is 3.11. The highest BCUT2D eigenvalue weighted by Crippen LogP contribution is 2.59. The van der Waals surface area contributed by atoms with Crippen molar-refractivity contribution >= 4 is 6.03 Å². The molecule has 0 aromatic rings. The Morgan fingerprint density at radius 3 is 2.30 bits per heavy atom. The van der Waals surface area contributed by atoms with Crippen molar-refractivity contribution in [2.75, 3.05) is 33.7 Å². The van der Waals surface area contributed by atoms with E-state index in [2.05, 4.69) is 29.2 Å². The van der Waals surface area contributed by atoms with E-state index in [1.165, 1.54) is 44.9 Å². The first-order valence-corrected chi connectivity index (χ1v) is 9.72. The molecule has 2 amide bonds. The molecule has 1 aliphatic heterocycles. The normalized spacial score (nSPS) is 42.3. The second kappa shape index (κ2) is 5.94. The number of likely N-dealkylation sites (tertiary alicyclic amines) is 1. The zero-order valence-electron chi connectivity index (χ0n) is 14.9. The number of urea groups is 1. The molecule has 5 rings (SSSR count). The van der Waals surface area contributed by atoms with Crippen molar-refractivity contribution in [3.63, 3.8) is 0 Å². The Labute approximate surface area is 141 Å². The standard InChI is InChI=1S/C19H33N3O/c1-21(2)17-4-3-5-22(12-17)18(23)20-13-19-9-14-6-15(10-19)8-16(7-14)11-19/h14-17H,3-13H2,1-2H3,(H,20,23)/t14?,15?,16?,17-,19?/m1/s1. The van der Waals surface area contributed by atoms with Crippen LogP contribution in [0.3, 0.4) is 0 Å². The Morgan fingerprint density at radius 2 is 1.74 bits per heavy atom. The molecule has 130 valence electrons. The van der Waals surface area contributed by atoms with Gasteiger partial charge in [-0.15, -0.1) is 0 Å². The van der Waals surface area contributed by atoms with Gasteiger partial charge in [0.15, 0.2) is 0 Å². The minimum atomic E-state index is 0.187. The van der Waals surface area contributed by atoms with Crippen molar-refractivity contribution < 1.29 is 4.79 Å². The minimum Gasteiger partial charge on any atom is -0.337 e. The molecule has 4 heteroatoms. The first-order valence-electron chi connectivity index (χ1n) is 9.72. The van der Waals surface area contributed by atoms with Gasteiger partial charge < -0.3 is 15.1 Å². The van der Waals surface area contributed by atoms with Crippen LogP contribution in [0.1, 0.15) is 51.4 Å². The molecule has 5 fully saturated rings. The van der Waals surface area contributed by atoms with Crippen LogP contribution < -0.4 is 5.32 Å². The number of nitrogens with one attached hydrogen (secondary N) is 1. The fraction of sp³-hybridized carbons (Fsp3) is 0.947. The van der Waals surface area contributed by atoms with Gasteiger partial charge in [0.2, 0.25) is 0 Å². The molecule has 4 aliphatic carbocycles. The van der Waals surface area contributed by atoms with Crippen LogP contribution in [-0.4, -0.2) is 55.6 Å². The Kier molecular flexibility index (Phi) is 4.07. The summed E-state index contributed by atoms with van der Waals surface area (Å²) in [7, 11) is 4.25. The van der Waals surface area contributed by atoms with Crippen LogP contribution in [-0.2, 0) is 0 Å². The second-order valence-electron chi connectivity index (χ2n) is 9.28. The molecule has 0 unspecified atom stereocenters. The maximum Gasteiger partial charge on any atom is 0.317 e. The number of carbonyl (C=O) groups is 1. The summed E-state index contributed by atoms with van der Waals surface area (Å²) in [5.74, 6) is 2.89. The van der Waals surface area contributed by atoms with Crippen LogP contribution in [0.15, 0.2) is 0 Å². The molecule has 0 spiro atoms. The van der Waals surface area contributed by atoms with Crippen LogP contribution in [0, 0.1) is 23.2 Å². The number of rotatable bonds is 3. The second-order valence-corrected chi connectivity index (χ2v) is 9.28. The lowest BCUT2D eigenvalue weighted by Crippen LogP contribution is -2.55. The average molecular weight is 319 g/mol. The number of hydrogen-bond donors (Lipinski definition) is 1. The molecule has 4 saturated carbocycles. The number of likely N-dealkylation sites (N-methyl/N-ethyl adjacent to an activating group) is 1. The summed E-state index contributed by atoms with van der Waals surface area (Å²) in [6.07, 6.45) is 10.9. The van der Waals surface area contributed by atoms with E-state index < -0.39 is 0 Å². The zero-order valence-corrected chi connectivity index (χ0v) is 14.9. The first kappa shape index (κ1) is 15.7. The predicted molar refractivity (Wildman–Crippen MR) is 92.3 cm³/mol. The van der Waals surface area contributed by atoms with Crippen LogP contribution >= 0.6 is 0 Å². The lowest BCUT2D eigenvalue weighted by atomic mass is 9.49. The third-order valence-corrected chi connectivity index (χ3v) is 7.19. The van der Waals surface area contributed by atoms with Crippen molar-refractivity contribution in [3.8, 4) is 0 Å². The van der Waals surface area contributed by atoms with Crippen LogP contribution in [0.5, 0.6) is 0 Å². The largest absolute Gasteiger partial charge is 0.337 e. The van der Waals surface area contributed by atoms with Gasteiger partial charge in [-0.3, -0.25) is 0 Å². The quantitative estimate of drug-likeness (QED) is 0.868. The number of piperidine rings is 1. The van der Waals surface area contributed by atoms with E-state index in [9.17, 15) is 4.79 Å². The highest BCUT2D eigenvalue weighted by atomic mass is 16.2. The van der Waals surface area contributed by atoms with Gasteiger partial charge in [0.1, 0.15) is 0 Å². The predicted octanol–water partition coefficient (Wildman–Crippen LogP) is 2.94. The van der Waals surface area contributed by atoms with Crippen molar-refractivity contribution in [2.45, 2.75) is 57.4 Å². The molecule has 0 aromatic carbocycles. The third-order valence-electron chi connectivity index (χ3n) is 7.19. The van der Waals surface area contributed by atoms with Crippen molar-refractivity contribution in [3.05, 3.63) is 0 Å². The molecule has 5 aliphatic rings. The van der Waals surface area contributed by atoms with E-state index in [0.29, 0.717) is 11.5 Å². The fourth-order valence-corrected chi connectivity index (χ4v) is 6.44. The summed E-state index contributed by atoms with van der Waals surface area (Å²) < 4.78 is 0. The van der Waals surface area contributed by atoms with E-state index in [-0.39, 0.29) is 6.03 Å². The molecule has 0 aromatic heterocycles. The number of nitrogens with zero attached hydrogens (tertiary/aromatic N) is 2. The van der Waals surface area contributed by atoms with Gasteiger partial charge in [-0.1, -0.05) is 0 Å². The summed E-state index contributed by atoms with van der Waals surface area (Å²) in [4.78, 5) is 17.0. The van der Waals surface area contributed by atoms with E-state index in [4.69, 9.17) is 0 Å². The van der Waals surface area contributed by atoms with Gasteiger partial charge in [-0.2, -0.15) is 0 Å². The molecule has 4 bridgehead atoms. The van der Waals surface area contributed by atoms with Crippen LogP contribution in [0.4, 0.5) is 4.79 Å². The molecule has 1 atom stereocenters.